The van der Waals surface area contributed by atoms with E-state index < -0.39 is 12.2 Å². The Morgan fingerprint density at radius 2 is 2.07 bits per heavy atom. The second-order valence-corrected chi connectivity index (χ2v) is 8.49. The van der Waals surface area contributed by atoms with Gasteiger partial charge in [0.1, 0.15) is 11.9 Å². The van der Waals surface area contributed by atoms with E-state index in [9.17, 15) is 10.2 Å². The molecule has 30 heavy (non-hydrogen) atoms. The van der Waals surface area contributed by atoms with Crippen LogP contribution in [-0.4, -0.2) is 42.6 Å². The second-order valence-electron chi connectivity index (χ2n) is 8.49. The highest BCUT2D eigenvalue weighted by Crippen LogP contribution is 2.52. The first-order valence-electron chi connectivity index (χ1n) is 11.3. The summed E-state index contributed by atoms with van der Waals surface area (Å²) in [7, 11) is 3.75. The van der Waals surface area contributed by atoms with Crippen LogP contribution in [0.5, 0.6) is 5.75 Å². The van der Waals surface area contributed by atoms with Crippen LogP contribution < -0.4 is 10.1 Å². The molecule has 0 saturated heterocycles. The number of hydrogen-bond donors (Lipinski definition) is 3. The normalized spacial score (nSPS) is 26.0. The van der Waals surface area contributed by atoms with Crippen LogP contribution in [0, 0.1) is 23.7 Å². The van der Waals surface area contributed by atoms with Crippen molar-refractivity contribution in [2.75, 3.05) is 14.1 Å². The van der Waals surface area contributed by atoms with Gasteiger partial charge >= 0.3 is 0 Å². The van der Waals surface area contributed by atoms with E-state index in [1.807, 2.05) is 40.1 Å². The summed E-state index contributed by atoms with van der Waals surface area (Å²) < 4.78 is 6.29. The van der Waals surface area contributed by atoms with E-state index in [2.05, 4.69) is 42.3 Å². The van der Waals surface area contributed by atoms with E-state index in [0.717, 1.165) is 18.6 Å². The Kier molecular flexibility index (Phi) is 9.91. The molecule has 1 aliphatic heterocycles. The maximum atomic E-state index is 10.6. The Hall–Kier alpha value is -1.80. The van der Waals surface area contributed by atoms with E-state index in [4.69, 9.17) is 4.74 Å². The van der Waals surface area contributed by atoms with Crippen molar-refractivity contribution in [3.8, 4) is 17.6 Å². The number of para-hydroxylation sites is 1. The molecular formula is C26H39NO3. The fraction of sp³-hybridized carbons (Fsp3) is 0.615. The Balaban J connectivity index is 0.00000101. The number of aryl methyl sites for hydroxylation is 1. The minimum atomic E-state index is -0.546. The van der Waals surface area contributed by atoms with Crippen molar-refractivity contribution in [3.05, 3.63) is 41.5 Å². The van der Waals surface area contributed by atoms with Crippen LogP contribution in [0.3, 0.4) is 0 Å². The highest BCUT2D eigenvalue weighted by Gasteiger charge is 2.48. The topological polar surface area (TPSA) is 61.7 Å². The Morgan fingerprint density at radius 1 is 1.33 bits per heavy atom. The van der Waals surface area contributed by atoms with Crippen LogP contribution in [0.1, 0.15) is 63.5 Å². The van der Waals surface area contributed by atoms with Crippen molar-refractivity contribution in [3.63, 3.8) is 0 Å². The van der Waals surface area contributed by atoms with Gasteiger partial charge in [0.15, 0.2) is 0 Å². The van der Waals surface area contributed by atoms with Gasteiger partial charge in [0.2, 0.25) is 0 Å². The molecule has 1 aliphatic carbocycles. The van der Waals surface area contributed by atoms with E-state index in [1.165, 1.54) is 17.5 Å². The molecule has 0 spiro atoms. The second kappa shape index (κ2) is 12.2. The highest BCUT2D eigenvalue weighted by atomic mass is 16.5. The van der Waals surface area contributed by atoms with Crippen molar-refractivity contribution in [2.45, 2.75) is 77.1 Å². The fourth-order valence-corrected chi connectivity index (χ4v) is 4.35. The summed E-state index contributed by atoms with van der Waals surface area (Å²) in [5.41, 5.74) is 2.51. The number of fused-ring (bicyclic) bond motifs is 3. The smallest absolute Gasteiger partial charge is 0.126 e. The lowest BCUT2D eigenvalue weighted by Crippen LogP contribution is -2.19. The van der Waals surface area contributed by atoms with Crippen molar-refractivity contribution in [1.82, 2.24) is 5.32 Å². The number of hydrogen-bond acceptors (Lipinski definition) is 4. The molecule has 0 radical (unpaired) electrons. The number of ether oxygens (including phenoxy) is 1. The van der Waals surface area contributed by atoms with Gasteiger partial charge in [0.05, 0.1) is 12.2 Å². The van der Waals surface area contributed by atoms with E-state index in [-0.39, 0.29) is 23.9 Å². The maximum Gasteiger partial charge on any atom is 0.126 e. The molecule has 2 aliphatic rings. The van der Waals surface area contributed by atoms with E-state index in [0.29, 0.717) is 12.8 Å². The molecule has 6 atom stereocenters. The predicted octanol–water partition coefficient (Wildman–Crippen LogP) is 4.06. The molecule has 4 nitrogen and oxygen atoms in total. The van der Waals surface area contributed by atoms with E-state index in [1.54, 1.807) is 0 Å². The average molecular weight is 414 g/mol. The van der Waals surface area contributed by atoms with Crippen molar-refractivity contribution in [1.29, 1.82) is 0 Å². The van der Waals surface area contributed by atoms with Crippen LogP contribution in [0.25, 0.3) is 0 Å². The predicted molar refractivity (Wildman–Crippen MR) is 124 cm³/mol. The molecule has 1 aromatic rings. The number of rotatable bonds is 7. The lowest BCUT2D eigenvalue weighted by atomic mass is 9.86. The number of aliphatic hydroxyl groups excluding tert-OH is 2. The number of aliphatic hydroxyl groups is 2. The van der Waals surface area contributed by atoms with Crippen molar-refractivity contribution in [2.24, 2.45) is 11.8 Å². The van der Waals surface area contributed by atoms with Gasteiger partial charge in [-0.25, -0.2) is 0 Å². The molecule has 0 aromatic heterocycles. The summed E-state index contributed by atoms with van der Waals surface area (Å²) >= 11 is 0. The molecule has 166 valence electrons. The van der Waals surface area contributed by atoms with Crippen LogP contribution in [0.2, 0.25) is 0 Å². The molecule has 0 amide bonds. The van der Waals surface area contributed by atoms with Gasteiger partial charge < -0.3 is 20.3 Å². The Labute approximate surface area is 182 Å². The quantitative estimate of drug-likeness (QED) is 0.466. The largest absolute Gasteiger partial charge is 0.489 e. The van der Waals surface area contributed by atoms with Crippen LogP contribution in [0.4, 0.5) is 0 Å². The molecule has 1 fully saturated rings. The highest BCUT2D eigenvalue weighted by molar-refractivity contribution is 5.49. The molecule has 1 saturated carbocycles. The van der Waals surface area contributed by atoms with E-state index >= 15 is 0 Å². The maximum absolute atomic E-state index is 10.6. The number of nitrogens with one attached hydrogen (secondary N) is 1. The summed E-state index contributed by atoms with van der Waals surface area (Å²) in [6.07, 6.45) is 7.60. The monoisotopic (exact) mass is 413 g/mol. The van der Waals surface area contributed by atoms with Gasteiger partial charge in [-0.2, -0.15) is 0 Å². The zero-order valence-electron chi connectivity index (χ0n) is 19.2. The molecule has 1 unspecified atom stereocenters. The Bertz CT molecular complexity index is 748. The minimum Gasteiger partial charge on any atom is -0.489 e. The molecule has 0 bridgehead atoms. The van der Waals surface area contributed by atoms with Crippen molar-refractivity contribution < 1.29 is 14.9 Å². The molecule has 1 heterocycles. The number of unbranched alkanes of at least 4 members (excludes halogenated alkanes) is 1. The van der Waals surface area contributed by atoms with Crippen molar-refractivity contribution >= 4 is 0 Å². The zero-order valence-corrected chi connectivity index (χ0v) is 19.2. The van der Waals surface area contributed by atoms with Gasteiger partial charge in [0, 0.05) is 30.2 Å². The summed E-state index contributed by atoms with van der Waals surface area (Å²) in [6, 6.07) is 6.42. The van der Waals surface area contributed by atoms with Gasteiger partial charge in [-0.1, -0.05) is 50.6 Å². The minimum absolute atomic E-state index is 0.0169. The van der Waals surface area contributed by atoms with Crippen LogP contribution in [0.15, 0.2) is 30.4 Å². The molecule has 1 aromatic carbocycles. The number of benzene rings is 1. The molecule has 3 N–H and O–H groups in total. The summed E-state index contributed by atoms with van der Waals surface area (Å²) in [5, 5.41) is 23.7. The van der Waals surface area contributed by atoms with Crippen LogP contribution in [-0.2, 0) is 6.42 Å². The van der Waals surface area contributed by atoms with Gasteiger partial charge in [-0.3, -0.25) is 0 Å². The lowest BCUT2D eigenvalue weighted by Gasteiger charge is -2.19. The SMILES string of the molecule is CC#CCC(C)[C@H](O)C=C[C@@H]1[C@H]2c3cccc(CCCC)c3O[C@H]2C[C@H]1O.CNC. The fourth-order valence-electron chi connectivity index (χ4n) is 4.35. The average Bonchev–Trinajstić information content (AvgIpc) is 3.24. The summed E-state index contributed by atoms with van der Waals surface area (Å²) in [5.74, 6) is 7.18. The molecular weight excluding hydrogens is 374 g/mol. The zero-order chi connectivity index (χ0) is 22.1. The summed E-state index contributed by atoms with van der Waals surface area (Å²) in [6.45, 7) is 6.02. The standard InChI is InChI=1S/C24H32O3.C2H7N/c1-4-6-9-16(3)20(25)14-13-18-21(26)15-22-23(18)19-12-8-11-17(10-7-5-2)24(19)27-22;1-3-2/h8,11-14,16,18,20-23,25-26H,5,7,9-10,15H2,1-3H3;3H,1-2H3/t16?,18-,20+,21+,22-,23-;/m0./s1. The first-order valence-corrected chi connectivity index (χ1v) is 11.3. The first kappa shape index (κ1) is 24.5. The first-order chi connectivity index (χ1) is 14.5. The third kappa shape index (κ3) is 5.88. The third-order valence-electron chi connectivity index (χ3n) is 6.00. The summed E-state index contributed by atoms with van der Waals surface area (Å²) in [4.78, 5) is 0. The molecule has 3 rings (SSSR count). The van der Waals surface area contributed by atoms with Crippen LogP contribution >= 0.6 is 0 Å². The third-order valence-corrected chi connectivity index (χ3v) is 6.00. The molecule has 4 heteroatoms. The Morgan fingerprint density at radius 3 is 2.73 bits per heavy atom. The van der Waals surface area contributed by atoms with Gasteiger partial charge in [-0.05, 0) is 45.3 Å². The lowest BCUT2D eigenvalue weighted by molar-refractivity contribution is 0.134. The van der Waals surface area contributed by atoms with Gasteiger partial charge in [0.25, 0.3) is 0 Å². The van der Waals surface area contributed by atoms with Gasteiger partial charge in [-0.15, -0.1) is 11.8 Å².